The number of nitrogens with zero attached hydrogens (tertiary/aromatic N) is 3. The lowest BCUT2D eigenvalue weighted by Gasteiger charge is -2.13. The number of rotatable bonds is 3. The van der Waals surface area contributed by atoms with Gasteiger partial charge in [0.2, 0.25) is 0 Å². The SMILES string of the molecule is CCc1ncc2c(n1)CN(C(=O)c1cc(C)c(-c3ccccc3)s1)C2. The Bertz CT molecular complexity index is 933. The van der Waals surface area contributed by atoms with Crippen LogP contribution in [-0.4, -0.2) is 20.8 Å². The van der Waals surface area contributed by atoms with Crippen LogP contribution in [0.15, 0.2) is 42.6 Å². The molecule has 1 aliphatic heterocycles. The van der Waals surface area contributed by atoms with E-state index < -0.39 is 0 Å². The van der Waals surface area contributed by atoms with Gasteiger partial charge in [-0.2, -0.15) is 0 Å². The standard InChI is InChI=1S/C20H19N3OS/c1-3-18-21-10-15-11-23(12-16(15)22-18)20(24)17-9-13(2)19(25-17)14-7-5-4-6-8-14/h4-10H,3,11-12H2,1-2H3. The number of hydrogen-bond donors (Lipinski definition) is 0. The van der Waals surface area contributed by atoms with E-state index in [1.807, 2.05) is 42.3 Å². The molecular formula is C20H19N3OS. The van der Waals surface area contributed by atoms with E-state index in [-0.39, 0.29) is 5.91 Å². The summed E-state index contributed by atoms with van der Waals surface area (Å²) in [6.45, 7) is 5.27. The Hall–Kier alpha value is -2.53. The Morgan fingerprint density at radius 2 is 2.04 bits per heavy atom. The van der Waals surface area contributed by atoms with Crippen molar-refractivity contribution < 1.29 is 4.79 Å². The van der Waals surface area contributed by atoms with E-state index in [1.54, 1.807) is 11.3 Å². The number of amides is 1. The molecule has 126 valence electrons. The molecule has 0 bridgehead atoms. The van der Waals surface area contributed by atoms with Crippen LogP contribution in [-0.2, 0) is 19.5 Å². The molecule has 0 radical (unpaired) electrons. The highest BCUT2D eigenvalue weighted by Gasteiger charge is 2.27. The minimum Gasteiger partial charge on any atom is -0.328 e. The summed E-state index contributed by atoms with van der Waals surface area (Å²) in [6.07, 6.45) is 2.68. The average molecular weight is 349 g/mol. The molecule has 0 fully saturated rings. The highest BCUT2D eigenvalue weighted by Crippen LogP contribution is 2.34. The van der Waals surface area contributed by atoms with Crippen molar-refractivity contribution in [2.24, 2.45) is 0 Å². The van der Waals surface area contributed by atoms with Crippen LogP contribution in [0, 0.1) is 6.92 Å². The van der Waals surface area contributed by atoms with Gasteiger partial charge < -0.3 is 4.90 Å². The Labute approximate surface area is 151 Å². The first-order valence-electron chi connectivity index (χ1n) is 8.44. The lowest BCUT2D eigenvalue weighted by atomic mass is 10.1. The fourth-order valence-corrected chi connectivity index (χ4v) is 4.27. The van der Waals surface area contributed by atoms with Gasteiger partial charge in [0.25, 0.3) is 5.91 Å². The second kappa shape index (κ2) is 6.41. The summed E-state index contributed by atoms with van der Waals surface area (Å²) >= 11 is 1.57. The normalized spacial score (nSPS) is 13.1. The first-order valence-corrected chi connectivity index (χ1v) is 9.26. The van der Waals surface area contributed by atoms with Gasteiger partial charge in [0, 0.05) is 29.6 Å². The van der Waals surface area contributed by atoms with Crippen LogP contribution in [0.1, 0.15) is 39.2 Å². The first kappa shape index (κ1) is 16.0. The average Bonchev–Trinajstić information content (AvgIpc) is 3.24. The van der Waals surface area contributed by atoms with E-state index in [4.69, 9.17) is 0 Å². The minimum atomic E-state index is 0.0753. The third-order valence-electron chi connectivity index (χ3n) is 4.47. The summed E-state index contributed by atoms with van der Waals surface area (Å²) in [5.74, 6) is 0.915. The van der Waals surface area contributed by atoms with E-state index in [0.29, 0.717) is 13.1 Å². The van der Waals surface area contributed by atoms with E-state index in [0.717, 1.165) is 44.4 Å². The minimum absolute atomic E-state index is 0.0753. The predicted molar refractivity (Wildman–Crippen MR) is 99.5 cm³/mol. The molecule has 0 saturated carbocycles. The Morgan fingerprint density at radius 1 is 1.24 bits per heavy atom. The number of benzene rings is 1. The monoisotopic (exact) mass is 349 g/mol. The molecule has 5 heteroatoms. The van der Waals surface area contributed by atoms with Crippen molar-refractivity contribution in [3.63, 3.8) is 0 Å². The van der Waals surface area contributed by atoms with Crippen molar-refractivity contribution in [1.82, 2.24) is 14.9 Å². The number of hydrogen-bond acceptors (Lipinski definition) is 4. The van der Waals surface area contributed by atoms with Crippen molar-refractivity contribution in [3.8, 4) is 10.4 Å². The van der Waals surface area contributed by atoms with Crippen molar-refractivity contribution in [3.05, 3.63) is 70.1 Å². The molecule has 1 aliphatic rings. The first-order chi connectivity index (χ1) is 12.2. The number of aryl methyl sites for hydroxylation is 2. The van der Waals surface area contributed by atoms with Crippen LogP contribution in [0.2, 0.25) is 0 Å². The molecule has 0 aliphatic carbocycles. The predicted octanol–water partition coefficient (Wildman–Crippen LogP) is 4.23. The van der Waals surface area contributed by atoms with Crippen LogP contribution in [0.25, 0.3) is 10.4 Å². The Kier molecular flexibility index (Phi) is 4.09. The highest BCUT2D eigenvalue weighted by atomic mass is 32.1. The number of thiophene rings is 1. The maximum atomic E-state index is 13.0. The summed E-state index contributed by atoms with van der Waals surface area (Å²) < 4.78 is 0. The molecule has 0 unspecified atom stereocenters. The summed E-state index contributed by atoms with van der Waals surface area (Å²) in [4.78, 5) is 25.7. The molecule has 2 aromatic heterocycles. The second-order valence-electron chi connectivity index (χ2n) is 6.26. The number of carbonyl (C=O) groups is 1. The van der Waals surface area contributed by atoms with E-state index in [9.17, 15) is 4.79 Å². The van der Waals surface area contributed by atoms with E-state index >= 15 is 0 Å². The van der Waals surface area contributed by atoms with E-state index in [2.05, 4.69) is 29.0 Å². The molecule has 0 atom stereocenters. The van der Waals surface area contributed by atoms with Gasteiger partial charge in [-0.05, 0) is 24.1 Å². The highest BCUT2D eigenvalue weighted by molar-refractivity contribution is 7.17. The van der Waals surface area contributed by atoms with Crippen LogP contribution >= 0.6 is 11.3 Å². The van der Waals surface area contributed by atoms with Crippen molar-refractivity contribution in [2.45, 2.75) is 33.4 Å². The lowest BCUT2D eigenvalue weighted by Crippen LogP contribution is -2.24. The molecule has 3 aromatic rings. The third-order valence-corrected chi connectivity index (χ3v) is 5.75. The van der Waals surface area contributed by atoms with Gasteiger partial charge in [0.1, 0.15) is 5.82 Å². The maximum absolute atomic E-state index is 13.0. The Balaban J connectivity index is 1.58. The molecule has 0 saturated heterocycles. The van der Waals surface area contributed by atoms with Crippen molar-refractivity contribution in [2.75, 3.05) is 0 Å². The summed E-state index contributed by atoms with van der Waals surface area (Å²) in [5, 5.41) is 0. The number of carbonyl (C=O) groups excluding carboxylic acids is 1. The van der Waals surface area contributed by atoms with Gasteiger partial charge in [0.05, 0.1) is 17.1 Å². The molecule has 4 nitrogen and oxygen atoms in total. The topological polar surface area (TPSA) is 46.1 Å². The summed E-state index contributed by atoms with van der Waals surface area (Å²) in [6, 6.07) is 12.2. The van der Waals surface area contributed by atoms with Crippen LogP contribution in [0.3, 0.4) is 0 Å². The quantitative estimate of drug-likeness (QED) is 0.711. The van der Waals surface area contributed by atoms with Gasteiger partial charge in [-0.1, -0.05) is 37.3 Å². The van der Waals surface area contributed by atoms with Gasteiger partial charge in [-0.25, -0.2) is 9.97 Å². The fourth-order valence-electron chi connectivity index (χ4n) is 3.13. The van der Waals surface area contributed by atoms with E-state index in [1.165, 1.54) is 0 Å². The molecule has 0 N–H and O–H groups in total. The summed E-state index contributed by atoms with van der Waals surface area (Å²) in [7, 11) is 0. The molecule has 25 heavy (non-hydrogen) atoms. The zero-order valence-corrected chi connectivity index (χ0v) is 15.1. The van der Waals surface area contributed by atoms with Gasteiger partial charge in [0.15, 0.2) is 0 Å². The maximum Gasteiger partial charge on any atom is 0.264 e. The van der Waals surface area contributed by atoms with Crippen LogP contribution < -0.4 is 0 Å². The zero-order chi connectivity index (χ0) is 17.4. The van der Waals surface area contributed by atoms with Gasteiger partial charge >= 0.3 is 0 Å². The second-order valence-corrected chi connectivity index (χ2v) is 7.31. The zero-order valence-electron chi connectivity index (χ0n) is 14.3. The fraction of sp³-hybridized carbons (Fsp3) is 0.250. The lowest BCUT2D eigenvalue weighted by molar-refractivity contribution is 0.0755. The Morgan fingerprint density at radius 3 is 2.80 bits per heavy atom. The van der Waals surface area contributed by atoms with Crippen LogP contribution in [0.5, 0.6) is 0 Å². The smallest absolute Gasteiger partial charge is 0.264 e. The van der Waals surface area contributed by atoms with Crippen molar-refractivity contribution in [1.29, 1.82) is 0 Å². The van der Waals surface area contributed by atoms with Gasteiger partial charge in [-0.3, -0.25) is 4.79 Å². The van der Waals surface area contributed by atoms with Gasteiger partial charge in [-0.15, -0.1) is 11.3 Å². The number of fused-ring (bicyclic) bond motifs is 1. The number of aromatic nitrogens is 2. The molecule has 0 spiro atoms. The van der Waals surface area contributed by atoms with Crippen LogP contribution in [0.4, 0.5) is 0 Å². The molecule has 4 rings (SSSR count). The largest absolute Gasteiger partial charge is 0.328 e. The molecule has 3 heterocycles. The molecule has 1 amide bonds. The summed E-state index contributed by atoms with van der Waals surface area (Å²) in [5.41, 5.74) is 4.34. The van der Waals surface area contributed by atoms with Crippen molar-refractivity contribution >= 4 is 17.2 Å². The molecular weight excluding hydrogens is 330 g/mol. The molecule has 1 aromatic carbocycles. The third kappa shape index (κ3) is 2.96.